The Morgan fingerprint density at radius 2 is 1.15 bits per heavy atom. The van der Waals surface area contributed by atoms with Crippen LogP contribution < -0.4 is 5.43 Å². The molecule has 6 aromatic rings. The summed E-state index contributed by atoms with van der Waals surface area (Å²) in [7, 11) is 0. The van der Waals surface area contributed by atoms with E-state index in [4.69, 9.17) is 15.0 Å². The lowest BCUT2D eigenvalue weighted by Gasteiger charge is -2.20. The van der Waals surface area contributed by atoms with E-state index in [9.17, 15) is 4.79 Å². The number of benzene rings is 4. The van der Waals surface area contributed by atoms with E-state index in [-0.39, 0.29) is 17.3 Å². The van der Waals surface area contributed by atoms with Crippen LogP contribution >= 0.6 is 0 Å². The van der Waals surface area contributed by atoms with E-state index >= 15 is 0 Å². The summed E-state index contributed by atoms with van der Waals surface area (Å²) in [6.07, 6.45) is 8.48. The Balaban J connectivity index is 1.38. The van der Waals surface area contributed by atoms with Gasteiger partial charge in [-0.3, -0.25) is 4.79 Å². The molecule has 1 aliphatic rings. The van der Waals surface area contributed by atoms with Gasteiger partial charge in [0.15, 0.2) is 17.1 Å². The van der Waals surface area contributed by atoms with Crippen LogP contribution in [0.2, 0.25) is 0 Å². The molecule has 0 radical (unpaired) electrons. The summed E-state index contributed by atoms with van der Waals surface area (Å²) >= 11 is 0. The summed E-state index contributed by atoms with van der Waals surface area (Å²) in [5.41, 5.74) is 4.62. The Bertz CT molecular complexity index is 1930. The molecule has 192 valence electrons. The molecule has 2 atom stereocenters. The van der Waals surface area contributed by atoms with Gasteiger partial charge in [0.1, 0.15) is 5.82 Å². The highest BCUT2D eigenvalue weighted by Gasteiger charge is 2.22. The van der Waals surface area contributed by atoms with E-state index < -0.39 is 0 Å². The molecule has 0 amide bonds. The Labute approximate surface area is 231 Å². The highest BCUT2D eigenvalue weighted by Crippen LogP contribution is 2.31. The fourth-order valence-electron chi connectivity index (χ4n) is 5.46. The molecule has 7 rings (SSSR count). The number of para-hydroxylation sites is 2. The first kappa shape index (κ1) is 23.9. The zero-order valence-electron chi connectivity index (χ0n) is 22.0. The first-order valence-electron chi connectivity index (χ1n) is 13.5. The van der Waals surface area contributed by atoms with Gasteiger partial charge in [-0.2, -0.15) is 0 Å². The predicted molar refractivity (Wildman–Crippen MR) is 161 cm³/mol. The average Bonchev–Trinajstić information content (AvgIpc) is 3.02. The molecule has 0 fully saturated rings. The molecule has 5 heteroatoms. The van der Waals surface area contributed by atoms with Crippen molar-refractivity contribution < 1.29 is 0 Å². The fourth-order valence-corrected chi connectivity index (χ4v) is 5.46. The molecule has 0 spiro atoms. The van der Waals surface area contributed by atoms with Gasteiger partial charge in [0.25, 0.3) is 0 Å². The molecule has 1 unspecified atom stereocenters. The van der Waals surface area contributed by atoms with Crippen LogP contribution in [-0.4, -0.2) is 19.5 Å². The molecule has 2 heterocycles. The van der Waals surface area contributed by atoms with E-state index in [1.54, 1.807) is 0 Å². The van der Waals surface area contributed by atoms with Gasteiger partial charge in [-0.15, -0.1) is 0 Å². The summed E-state index contributed by atoms with van der Waals surface area (Å²) in [6.45, 7) is 2.18. The van der Waals surface area contributed by atoms with Crippen LogP contribution in [0, 0.1) is 5.92 Å². The number of pyridine rings is 1. The second kappa shape index (κ2) is 9.86. The van der Waals surface area contributed by atoms with E-state index in [0.29, 0.717) is 22.4 Å². The second-order valence-corrected chi connectivity index (χ2v) is 10.1. The third kappa shape index (κ3) is 4.12. The highest BCUT2D eigenvalue weighted by atomic mass is 16.1. The molecule has 0 aliphatic heterocycles. The molecular formula is C35H26N4O. The van der Waals surface area contributed by atoms with Crippen molar-refractivity contribution >= 4 is 21.8 Å². The normalized spacial score (nSPS) is 16.5. The minimum absolute atomic E-state index is 0.0473. The van der Waals surface area contributed by atoms with Gasteiger partial charge < -0.3 is 4.57 Å². The Hall–Kier alpha value is -5.16. The molecule has 5 nitrogen and oxygen atoms in total. The number of nitrogens with zero attached hydrogens (tertiary/aromatic N) is 4. The van der Waals surface area contributed by atoms with E-state index in [1.807, 2.05) is 91.0 Å². The maximum Gasteiger partial charge on any atom is 0.197 e. The van der Waals surface area contributed by atoms with Crippen LogP contribution in [0.4, 0.5) is 0 Å². The van der Waals surface area contributed by atoms with Crippen molar-refractivity contribution in [2.45, 2.75) is 12.8 Å². The summed E-state index contributed by atoms with van der Waals surface area (Å²) in [6, 6.07) is 33.8. The second-order valence-electron chi connectivity index (χ2n) is 10.1. The number of hydrogen-bond acceptors (Lipinski definition) is 4. The summed E-state index contributed by atoms with van der Waals surface area (Å²) in [4.78, 5) is 28.0. The molecule has 40 heavy (non-hydrogen) atoms. The van der Waals surface area contributed by atoms with E-state index in [2.05, 4.69) is 47.9 Å². The zero-order valence-corrected chi connectivity index (χ0v) is 22.0. The van der Waals surface area contributed by atoms with Crippen molar-refractivity contribution in [3.63, 3.8) is 0 Å². The lowest BCUT2D eigenvalue weighted by molar-refractivity contribution is 0.600. The van der Waals surface area contributed by atoms with E-state index in [1.165, 1.54) is 0 Å². The van der Waals surface area contributed by atoms with Gasteiger partial charge in [0.05, 0.1) is 11.0 Å². The number of rotatable bonds is 4. The smallest absolute Gasteiger partial charge is 0.197 e. The highest BCUT2D eigenvalue weighted by molar-refractivity contribution is 5.95. The maximum atomic E-state index is 13.2. The lowest BCUT2D eigenvalue weighted by Crippen LogP contribution is -2.13. The van der Waals surface area contributed by atoms with Crippen molar-refractivity contribution in [2.24, 2.45) is 5.92 Å². The van der Waals surface area contributed by atoms with Crippen molar-refractivity contribution in [3.05, 3.63) is 143 Å². The Morgan fingerprint density at radius 1 is 0.600 bits per heavy atom. The van der Waals surface area contributed by atoms with Crippen molar-refractivity contribution in [3.8, 4) is 28.5 Å². The lowest BCUT2D eigenvalue weighted by atomic mass is 9.89. The number of hydrogen-bond donors (Lipinski definition) is 0. The molecule has 4 aromatic carbocycles. The first-order valence-corrected chi connectivity index (χ1v) is 13.5. The molecular weight excluding hydrogens is 492 g/mol. The van der Waals surface area contributed by atoms with Crippen LogP contribution in [-0.2, 0) is 0 Å². The number of allylic oxidation sites excluding steroid dienone is 4. The number of fused-ring (bicyclic) bond motifs is 2. The zero-order chi connectivity index (χ0) is 27.1. The maximum absolute atomic E-state index is 13.2. The van der Waals surface area contributed by atoms with Gasteiger partial charge in [-0.05, 0) is 54.4 Å². The quantitative estimate of drug-likeness (QED) is 0.227. The standard InChI is InChI=1S/C35H26N4O/c1-23-11-5-6-14-27(23)35-37-33(24-12-3-2-4-13-24)36-34(38-35)25-19-21-26(22-20-25)39-30-17-9-7-15-28(30)32(40)29-16-8-10-18-31(29)39/h2-23,27H,1H3/t23-,27?/m1/s1. The van der Waals surface area contributed by atoms with Crippen molar-refractivity contribution in [2.75, 3.05) is 0 Å². The van der Waals surface area contributed by atoms with Gasteiger partial charge in [-0.25, -0.2) is 15.0 Å². The Kier molecular flexibility index (Phi) is 5.90. The van der Waals surface area contributed by atoms with Crippen LogP contribution in [0.15, 0.2) is 132 Å². The first-order chi connectivity index (χ1) is 19.7. The van der Waals surface area contributed by atoms with Gasteiger partial charge in [-0.1, -0.05) is 85.8 Å². The molecule has 0 saturated carbocycles. The van der Waals surface area contributed by atoms with Gasteiger partial charge in [0, 0.05) is 33.5 Å². The molecule has 1 aliphatic carbocycles. The molecule has 0 bridgehead atoms. The molecule has 0 N–H and O–H groups in total. The SMILES string of the molecule is C[C@@H]1C=CC=CC1c1nc(-c2ccccc2)nc(-c2ccc(-n3c4ccccc4c(=O)c4ccccc43)cc2)n1. The summed E-state index contributed by atoms with van der Waals surface area (Å²) in [5, 5.41) is 1.40. The number of aromatic nitrogens is 4. The van der Waals surface area contributed by atoms with Gasteiger partial charge in [0.2, 0.25) is 0 Å². The van der Waals surface area contributed by atoms with Crippen molar-refractivity contribution in [1.29, 1.82) is 0 Å². The third-order valence-electron chi connectivity index (χ3n) is 7.56. The fraction of sp³-hybridized carbons (Fsp3) is 0.0857. The Morgan fingerprint density at radius 3 is 1.77 bits per heavy atom. The van der Waals surface area contributed by atoms with Crippen LogP contribution in [0.3, 0.4) is 0 Å². The predicted octanol–water partition coefficient (Wildman–Crippen LogP) is 7.51. The van der Waals surface area contributed by atoms with Gasteiger partial charge >= 0.3 is 0 Å². The third-order valence-corrected chi connectivity index (χ3v) is 7.56. The van der Waals surface area contributed by atoms with Crippen LogP contribution in [0.25, 0.3) is 50.3 Å². The van der Waals surface area contributed by atoms with E-state index in [0.717, 1.165) is 33.7 Å². The summed E-state index contributed by atoms with van der Waals surface area (Å²) < 4.78 is 2.14. The van der Waals surface area contributed by atoms with Crippen LogP contribution in [0.1, 0.15) is 18.7 Å². The molecule has 0 saturated heterocycles. The van der Waals surface area contributed by atoms with Crippen LogP contribution in [0.5, 0.6) is 0 Å². The largest absolute Gasteiger partial charge is 0.309 e. The van der Waals surface area contributed by atoms with Crippen molar-refractivity contribution in [1.82, 2.24) is 19.5 Å². The minimum atomic E-state index is 0.0473. The minimum Gasteiger partial charge on any atom is -0.309 e. The average molecular weight is 519 g/mol. The summed E-state index contributed by atoms with van der Waals surface area (Å²) in [5.74, 6) is 2.43. The topological polar surface area (TPSA) is 60.7 Å². The molecule has 2 aromatic heterocycles. The monoisotopic (exact) mass is 518 g/mol.